The van der Waals surface area contributed by atoms with Gasteiger partial charge in [-0.05, 0) is 42.8 Å². The first-order chi connectivity index (χ1) is 10.1. The standard InChI is InChI=1S/C16H18O4S/c1-2-3-12-20-15-6-4-5-7-16(15)21(18,19)14-10-8-13(17)9-11-14/h4-11,17H,2-3,12H2,1H3. The van der Waals surface area contributed by atoms with Gasteiger partial charge in [-0.2, -0.15) is 0 Å². The first kappa shape index (κ1) is 15.4. The monoisotopic (exact) mass is 306 g/mol. The fraction of sp³-hybridized carbons (Fsp3) is 0.250. The van der Waals surface area contributed by atoms with E-state index in [9.17, 15) is 13.5 Å². The number of hydrogen-bond acceptors (Lipinski definition) is 4. The van der Waals surface area contributed by atoms with Crippen LogP contribution in [-0.4, -0.2) is 20.1 Å². The zero-order chi connectivity index (χ0) is 15.3. The number of ether oxygens (including phenoxy) is 1. The predicted octanol–water partition coefficient (Wildman–Crippen LogP) is 3.40. The van der Waals surface area contributed by atoms with E-state index >= 15 is 0 Å². The van der Waals surface area contributed by atoms with Crippen LogP contribution in [0.4, 0.5) is 0 Å². The first-order valence-corrected chi connectivity index (χ1v) is 8.30. The van der Waals surface area contributed by atoms with Crippen molar-refractivity contribution in [1.82, 2.24) is 0 Å². The first-order valence-electron chi connectivity index (χ1n) is 6.81. The average Bonchev–Trinajstić information content (AvgIpc) is 2.48. The molecule has 0 radical (unpaired) electrons. The van der Waals surface area contributed by atoms with Crippen LogP contribution in [0.5, 0.6) is 11.5 Å². The van der Waals surface area contributed by atoms with E-state index in [0.29, 0.717) is 12.4 Å². The van der Waals surface area contributed by atoms with E-state index in [2.05, 4.69) is 0 Å². The van der Waals surface area contributed by atoms with Crippen molar-refractivity contribution in [3.63, 3.8) is 0 Å². The van der Waals surface area contributed by atoms with Crippen molar-refractivity contribution < 1.29 is 18.3 Å². The van der Waals surface area contributed by atoms with E-state index in [1.54, 1.807) is 18.2 Å². The zero-order valence-electron chi connectivity index (χ0n) is 11.8. The molecule has 2 aromatic rings. The number of para-hydroxylation sites is 1. The molecular weight excluding hydrogens is 288 g/mol. The van der Waals surface area contributed by atoms with Crippen molar-refractivity contribution in [2.45, 2.75) is 29.6 Å². The molecule has 0 amide bonds. The van der Waals surface area contributed by atoms with E-state index in [1.807, 2.05) is 6.92 Å². The Bertz CT molecular complexity index is 690. The Kier molecular flexibility index (Phi) is 4.85. The number of sulfone groups is 1. The average molecular weight is 306 g/mol. The molecule has 0 heterocycles. The van der Waals surface area contributed by atoms with Crippen LogP contribution in [-0.2, 0) is 9.84 Å². The normalized spacial score (nSPS) is 11.3. The summed E-state index contributed by atoms with van der Waals surface area (Å²) >= 11 is 0. The lowest BCUT2D eigenvalue weighted by atomic mass is 10.3. The summed E-state index contributed by atoms with van der Waals surface area (Å²) in [5, 5.41) is 9.27. The van der Waals surface area contributed by atoms with Crippen LogP contribution < -0.4 is 4.74 Å². The molecular formula is C16H18O4S. The molecule has 1 N–H and O–H groups in total. The van der Waals surface area contributed by atoms with Crippen LogP contribution in [0.3, 0.4) is 0 Å². The van der Waals surface area contributed by atoms with E-state index in [0.717, 1.165) is 12.8 Å². The Labute approximate surface area is 124 Å². The van der Waals surface area contributed by atoms with E-state index in [4.69, 9.17) is 4.74 Å². The van der Waals surface area contributed by atoms with Gasteiger partial charge in [0.15, 0.2) is 0 Å². The summed E-state index contributed by atoms with van der Waals surface area (Å²) < 4.78 is 30.9. The van der Waals surface area contributed by atoms with Gasteiger partial charge in [-0.25, -0.2) is 8.42 Å². The van der Waals surface area contributed by atoms with E-state index in [-0.39, 0.29) is 15.5 Å². The van der Waals surface area contributed by atoms with Crippen molar-refractivity contribution >= 4 is 9.84 Å². The van der Waals surface area contributed by atoms with Gasteiger partial charge in [-0.1, -0.05) is 25.5 Å². The lowest BCUT2D eigenvalue weighted by molar-refractivity contribution is 0.301. The summed E-state index contributed by atoms with van der Waals surface area (Å²) in [7, 11) is -3.66. The Morgan fingerprint density at radius 3 is 2.38 bits per heavy atom. The molecule has 0 saturated heterocycles. The van der Waals surface area contributed by atoms with Crippen molar-refractivity contribution in [1.29, 1.82) is 0 Å². The summed E-state index contributed by atoms with van der Waals surface area (Å²) in [6.07, 6.45) is 1.85. The smallest absolute Gasteiger partial charge is 0.210 e. The molecule has 0 saturated carbocycles. The quantitative estimate of drug-likeness (QED) is 0.831. The summed E-state index contributed by atoms with van der Waals surface area (Å²) in [5.74, 6) is 0.389. The van der Waals surface area contributed by atoms with Gasteiger partial charge in [0.25, 0.3) is 0 Å². The number of rotatable bonds is 6. The molecule has 0 aromatic heterocycles. The topological polar surface area (TPSA) is 63.6 Å². The van der Waals surface area contributed by atoms with Gasteiger partial charge in [0, 0.05) is 0 Å². The third kappa shape index (κ3) is 3.55. The van der Waals surface area contributed by atoms with E-state index in [1.165, 1.54) is 30.3 Å². The summed E-state index contributed by atoms with van der Waals surface area (Å²) in [6.45, 7) is 2.53. The second-order valence-electron chi connectivity index (χ2n) is 4.65. The maximum Gasteiger partial charge on any atom is 0.210 e. The van der Waals surface area contributed by atoms with Crippen LogP contribution in [0.1, 0.15) is 19.8 Å². The maximum atomic E-state index is 12.6. The van der Waals surface area contributed by atoms with Crippen LogP contribution in [0.15, 0.2) is 58.3 Å². The van der Waals surface area contributed by atoms with Gasteiger partial charge in [-0.3, -0.25) is 0 Å². The molecule has 0 spiro atoms. The minimum atomic E-state index is -3.66. The second-order valence-corrected chi connectivity index (χ2v) is 6.56. The summed E-state index contributed by atoms with van der Waals surface area (Å²) in [6, 6.07) is 12.1. The Balaban J connectivity index is 2.38. The van der Waals surface area contributed by atoms with Crippen molar-refractivity contribution in [2.24, 2.45) is 0 Å². The van der Waals surface area contributed by atoms with Gasteiger partial charge >= 0.3 is 0 Å². The SMILES string of the molecule is CCCCOc1ccccc1S(=O)(=O)c1ccc(O)cc1. The molecule has 0 aliphatic heterocycles. The molecule has 0 aliphatic carbocycles. The molecule has 21 heavy (non-hydrogen) atoms. The van der Waals surface area contributed by atoms with Crippen molar-refractivity contribution in [3.05, 3.63) is 48.5 Å². The number of phenolic OH excluding ortho intramolecular Hbond substituents is 1. The van der Waals surface area contributed by atoms with Crippen LogP contribution >= 0.6 is 0 Å². The molecule has 0 fully saturated rings. The number of aromatic hydroxyl groups is 1. The molecule has 5 heteroatoms. The third-order valence-electron chi connectivity index (χ3n) is 3.04. The third-order valence-corrected chi connectivity index (χ3v) is 4.85. The molecule has 4 nitrogen and oxygen atoms in total. The van der Waals surface area contributed by atoms with Gasteiger partial charge in [0.05, 0.1) is 11.5 Å². The number of hydrogen-bond donors (Lipinski definition) is 1. The van der Waals surface area contributed by atoms with E-state index < -0.39 is 9.84 Å². The highest BCUT2D eigenvalue weighted by molar-refractivity contribution is 7.91. The fourth-order valence-electron chi connectivity index (χ4n) is 1.87. The van der Waals surface area contributed by atoms with Crippen LogP contribution in [0.2, 0.25) is 0 Å². The largest absolute Gasteiger partial charge is 0.508 e. The molecule has 0 atom stereocenters. The highest BCUT2D eigenvalue weighted by Crippen LogP contribution is 2.30. The second kappa shape index (κ2) is 6.63. The Morgan fingerprint density at radius 2 is 1.71 bits per heavy atom. The number of unbranched alkanes of at least 4 members (excludes halogenated alkanes) is 1. The minimum Gasteiger partial charge on any atom is -0.508 e. The highest BCUT2D eigenvalue weighted by atomic mass is 32.2. The molecule has 2 aromatic carbocycles. The lowest BCUT2D eigenvalue weighted by Gasteiger charge is -2.11. The number of benzene rings is 2. The van der Waals surface area contributed by atoms with Crippen LogP contribution in [0, 0.1) is 0 Å². The van der Waals surface area contributed by atoms with Gasteiger partial charge in [0.1, 0.15) is 16.4 Å². The Morgan fingerprint density at radius 1 is 1.05 bits per heavy atom. The van der Waals surface area contributed by atoms with Crippen molar-refractivity contribution in [2.75, 3.05) is 6.61 Å². The minimum absolute atomic E-state index is 0.0291. The molecule has 0 bridgehead atoms. The highest BCUT2D eigenvalue weighted by Gasteiger charge is 2.21. The van der Waals surface area contributed by atoms with Crippen molar-refractivity contribution in [3.8, 4) is 11.5 Å². The summed E-state index contributed by atoms with van der Waals surface area (Å²) in [4.78, 5) is 0.277. The van der Waals surface area contributed by atoms with Gasteiger partial charge < -0.3 is 9.84 Å². The molecule has 0 aliphatic rings. The Hall–Kier alpha value is -2.01. The molecule has 0 unspecified atom stereocenters. The molecule has 112 valence electrons. The molecule has 2 rings (SSSR count). The number of phenols is 1. The predicted molar refractivity (Wildman–Crippen MR) is 80.4 cm³/mol. The fourth-order valence-corrected chi connectivity index (χ4v) is 3.27. The van der Waals surface area contributed by atoms with Gasteiger partial charge in [-0.15, -0.1) is 0 Å². The maximum absolute atomic E-state index is 12.6. The van der Waals surface area contributed by atoms with Crippen LogP contribution in [0.25, 0.3) is 0 Å². The summed E-state index contributed by atoms with van der Waals surface area (Å²) in [5.41, 5.74) is 0. The van der Waals surface area contributed by atoms with Gasteiger partial charge in [0.2, 0.25) is 9.84 Å². The zero-order valence-corrected chi connectivity index (χ0v) is 12.6. The lowest BCUT2D eigenvalue weighted by Crippen LogP contribution is -2.06.